The molecule has 0 N–H and O–H groups in total. The molecule has 2 aliphatic rings. The van der Waals surface area contributed by atoms with Gasteiger partial charge in [-0.1, -0.05) is 75.5 Å². The highest BCUT2D eigenvalue weighted by Crippen LogP contribution is 2.26. The van der Waals surface area contributed by atoms with Gasteiger partial charge in [-0.15, -0.1) is 0 Å². The normalized spacial score (nSPS) is 21.6. The van der Waals surface area contributed by atoms with Crippen molar-refractivity contribution in [2.75, 3.05) is 37.7 Å². The first-order valence-electron chi connectivity index (χ1n) is 16.9. The summed E-state index contributed by atoms with van der Waals surface area (Å²) in [5.41, 5.74) is 0.676. The number of hydrogen-bond donors (Lipinski definition) is 0. The van der Waals surface area contributed by atoms with Crippen LogP contribution in [0.15, 0.2) is 68.4 Å². The van der Waals surface area contributed by atoms with Gasteiger partial charge in [-0.05, 0) is 60.8 Å². The number of piperidine rings is 2. The number of likely N-dealkylation sites (tertiary alicyclic amines) is 2. The average molecular weight is 689 g/mol. The SMILES string of the molecule is C[C@@H]1C[C@@H](C)CN(C(=O)CSc2nc3ccccc3c(=O)n2CCn2c(SCC(=O)N3C[C@H](C)C[C@@H](C)C3)nc3ccccc3c2=O)C1. The number of benzene rings is 2. The van der Waals surface area contributed by atoms with Gasteiger partial charge in [0.1, 0.15) is 0 Å². The van der Waals surface area contributed by atoms with E-state index in [9.17, 15) is 19.2 Å². The largest absolute Gasteiger partial charge is 0.341 e. The Morgan fingerprint density at radius 1 is 0.625 bits per heavy atom. The minimum absolute atomic E-state index is 0.0307. The molecule has 2 aromatic heterocycles. The molecule has 2 amide bonds. The molecule has 0 radical (unpaired) electrons. The van der Waals surface area contributed by atoms with E-state index in [-0.39, 0.29) is 47.5 Å². The lowest BCUT2D eigenvalue weighted by Gasteiger charge is -2.35. The van der Waals surface area contributed by atoms with Gasteiger partial charge in [0, 0.05) is 39.3 Å². The van der Waals surface area contributed by atoms with E-state index in [1.54, 1.807) is 45.5 Å². The van der Waals surface area contributed by atoms with Crippen LogP contribution in [0.3, 0.4) is 0 Å². The van der Waals surface area contributed by atoms with Gasteiger partial charge < -0.3 is 9.80 Å². The van der Waals surface area contributed by atoms with Gasteiger partial charge >= 0.3 is 0 Å². The summed E-state index contributed by atoms with van der Waals surface area (Å²) in [4.78, 5) is 67.8. The van der Waals surface area contributed by atoms with E-state index in [0.29, 0.717) is 55.8 Å². The first-order valence-corrected chi connectivity index (χ1v) is 18.8. The monoisotopic (exact) mass is 688 g/mol. The highest BCUT2D eigenvalue weighted by Gasteiger charge is 2.27. The van der Waals surface area contributed by atoms with Crippen molar-refractivity contribution in [1.82, 2.24) is 28.9 Å². The topological polar surface area (TPSA) is 110 Å². The van der Waals surface area contributed by atoms with Crippen LogP contribution in [-0.2, 0) is 22.7 Å². The lowest BCUT2D eigenvalue weighted by atomic mass is 9.92. The maximum atomic E-state index is 13.9. The molecule has 0 bridgehead atoms. The Kier molecular flexibility index (Phi) is 10.6. The minimum Gasteiger partial charge on any atom is -0.341 e. The van der Waals surface area contributed by atoms with E-state index in [1.165, 1.54) is 23.5 Å². The second-order valence-electron chi connectivity index (χ2n) is 13.8. The molecule has 0 spiro atoms. The first kappa shape index (κ1) is 34.2. The summed E-state index contributed by atoms with van der Waals surface area (Å²) in [6, 6.07) is 14.4. The molecule has 4 aromatic rings. The van der Waals surface area contributed by atoms with E-state index < -0.39 is 0 Å². The molecule has 4 atom stereocenters. The highest BCUT2D eigenvalue weighted by atomic mass is 32.2. The van der Waals surface area contributed by atoms with E-state index >= 15 is 0 Å². The van der Waals surface area contributed by atoms with Gasteiger partial charge in [0.2, 0.25) is 11.8 Å². The molecular formula is C36H44N6O4S2. The van der Waals surface area contributed by atoms with Crippen molar-refractivity contribution in [2.24, 2.45) is 23.7 Å². The van der Waals surface area contributed by atoms with Crippen LogP contribution in [0.25, 0.3) is 21.8 Å². The third kappa shape index (κ3) is 7.64. The number of nitrogens with zero attached hydrogens (tertiary/aromatic N) is 6. The van der Waals surface area contributed by atoms with E-state index in [1.807, 2.05) is 21.9 Å². The molecule has 0 unspecified atom stereocenters. The van der Waals surface area contributed by atoms with Crippen molar-refractivity contribution in [1.29, 1.82) is 0 Å². The molecule has 2 aliphatic heterocycles. The number of amides is 2. The van der Waals surface area contributed by atoms with Crippen LogP contribution in [0.1, 0.15) is 40.5 Å². The number of rotatable bonds is 9. The zero-order valence-corrected chi connectivity index (χ0v) is 29.8. The summed E-state index contributed by atoms with van der Waals surface area (Å²) in [7, 11) is 0. The van der Waals surface area contributed by atoms with Crippen LogP contribution in [0.5, 0.6) is 0 Å². The minimum atomic E-state index is -0.227. The van der Waals surface area contributed by atoms with Crippen LogP contribution in [0.2, 0.25) is 0 Å². The van der Waals surface area contributed by atoms with E-state index in [2.05, 4.69) is 27.7 Å². The number of carbonyl (C=O) groups is 2. The van der Waals surface area contributed by atoms with Crippen LogP contribution >= 0.6 is 23.5 Å². The summed E-state index contributed by atoms with van der Waals surface area (Å²) < 4.78 is 3.14. The molecule has 10 nitrogen and oxygen atoms in total. The molecule has 4 heterocycles. The van der Waals surface area contributed by atoms with Crippen molar-refractivity contribution < 1.29 is 9.59 Å². The molecule has 254 valence electrons. The van der Waals surface area contributed by atoms with Crippen molar-refractivity contribution in [3.63, 3.8) is 0 Å². The number of fused-ring (bicyclic) bond motifs is 2. The van der Waals surface area contributed by atoms with Crippen molar-refractivity contribution in [2.45, 2.75) is 63.9 Å². The molecule has 48 heavy (non-hydrogen) atoms. The third-order valence-corrected chi connectivity index (χ3v) is 11.2. The zero-order chi connectivity index (χ0) is 33.9. The molecule has 2 fully saturated rings. The zero-order valence-electron chi connectivity index (χ0n) is 28.1. The number of para-hydroxylation sites is 2. The second-order valence-corrected chi connectivity index (χ2v) is 15.7. The summed E-state index contributed by atoms with van der Waals surface area (Å²) in [6.45, 7) is 11.9. The van der Waals surface area contributed by atoms with Crippen molar-refractivity contribution in [3.05, 3.63) is 69.2 Å². The van der Waals surface area contributed by atoms with Gasteiger partial charge in [-0.2, -0.15) is 0 Å². The maximum Gasteiger partial charge on any atom is 0.262 e. The number of aromatic nitrogens is 4. The predicted octanol–water partition coefficient (Wildman–Crippen LogP) is 5.00. The average Bonchev–Trinajstić information content (AvgIpc) is 3.05. The highest BCUT2D eigenvalue weighted by molar-refractivity contribution is 8.00. The van der Waals surface area contributed by atoms with Crippen LogP contribution in [0.4, 0.5) is 0 Å². The first-order chi connectivity index (χ1) is 23.1. The second kappa shape index (κ2) is 14.9. The summed E-state index contributed by atoms with van der Waals surface area (Å²) in [6.07, 6.45) is 2.22. The molecule has 0 aliphatic carbocycles. The van der Waals surface area contributed by atoms with Crippen LogP contribution in [-0.4, -0.2) is 78.4 Å². The van der Waals surface area contributed by atoms with E-state index in [4.69, 9.17) is 9.97 Å². The quantitative estimate of drug-likeness (QED) is 0.179. The molecule has 2 aromatic carbocycles. The van der Waals surface area contributed by atoms with Crippen LogP contribution in [0, 0.1) is 23.7 Å². The van der Waals surface area contributed by atoms with Gasteiger partial charge in [-0.3, -0.25) is 28.3 Å². The Bertz CT molecular complexity index is 1780. The predicted molar refractivity (Wildman–Crippen MR) is 193 cm³/mol. The summed E-state index contributed by atoms with van der Waals surface area (Å²) >= 11 is 2.52. The summed E-state index contributed by atoms with van der Waals surface area (Å²) in [5, 5.41) is 1.82. The molecule has 0 saturated carbocycles. The molecule has 2 saturated heterocycles. The fourth-order valence-electron chi connectivity index (χ4n) is 7.28. The lowest BCUT2D eigenvalue weighted by Crippen LogP contribution is -2.43. The van der Waals surface area contributed by atoms with Gasteiger partial charge in [-0.25, -0.2) is 9.97 Å². The molecular weight excluding hydrogens is 645 g/mol. The number of hydrogen-bond acceptors (Lipinski definition) is 8. The fourth-order valence-corrected chi connectivity index (χ4v) is 9.13. The Balaban J connectivity index is 1.28. The molecule has 12 heteroatoms. The summed E-state index contributed by atoms with van der Waals surface area (Å²) in [5.74, 6) is 2.18. The Hall–Kier alpha value is -3.64. The number of thioether (sulfide) groups is 2. The van der Waals surface area contributed by atoms with Gasteiger partial charge in [0.15, 0.2) is 10.3 Å². The molecule has 6 rings (SSSR count). The van der Waals surface area contributed by atoms with Gasteiger partial charge in [0.05, 0.1) is 33.3 Å². The smallest absolute Gasteiger partial charge is 0.262 e. The fraction of sp³-hybridized carbons (Fsp3) is 0.500. The van der Waals surface area contributed by atoms with Crippen molar-refractivity contribution in [3.8, 4) is 0 Å². The number of carbonyl (C=O) groups excluding carboxylic acids is 2. The van der Waals surface area contributed by atoms with Crippen molar-refractivity contribution >= 4 is 57.1 Å². The maximum absolute atomic E-state index is 13.9. The van der Waals surface area contributed by atoms with Gasteiger partial charge in [0.25, 0.3) is 11.1 Å². The Morgan fingerprint density at radius 2 is 0.979 bits per heavy atom. The van der Waals surface area contributed by atoms with E-state index in [0.717, 1.165) is 39.0 Å². The third-order valence-electron chi connectivity index (χ3n) is 9.29. The Morgan fingerprint density at radius 3 is 1.35 bits per heavy atom. The lowest BCUT2D eigenvalue weighted by molar-refractivity contribution is -0.131. The Labute approximate surface area is 289 Å². The standard InChI is InChI=1S/C36H44N6O4S2/c1-23-15-24(2)18-39(17-23)31(43)21-47-35-37-29-11-7-5-9-27(29)33(45)41(35)13-14-42-34(46)28-10-6-8-12-30(28)38-36(42)48-22-32(44)40-19-25(3)16-26(4)20-40/h5-12,23-26H,13-22H2,1-4H3/t23-,24-,25-,26-/m1/s1. The van der Waals surface area contributed by atoms with Crippen LogP contribution < -0.4 is 11.1 Å².